The number of ether oxygens (including phenoxy) is 1. The molecule has 1 rings (SSSR count). The average Bonchev–Trinajstić information content (AvgIpc) is 2.27. The molecule has 0 spiro atoms. The van der Waals surface area contributed by atoms with E-state index in [-0.39, 0.29) is 12.1 Å². The largest absolute Gasteiger partial charge is 0.469 e. The van der Waals surface area contributed by atoms with Crippen LogP contribution in [0.15, 0.2) is 6.07 Å². The van der Waals surface area contributed by atoms with Gasteiger partial charge in [0.05, 0.1) is 12.1 Å². The van der Waals surface area contributed by atoms with E-state index in [1.54, 1.807) is 0 Å². The summed E-state index contributed by atoms with van der Waals surface area (Å²) < 4.78 is 29.5. The van der Waals surface area contributed by atoms with Crippen molar-refractivity contribution in [1.82, 2.24) is 4.98 Å². The van der Waals surface area contributed by atoms with Crippen LogP contribution in [0.3, 0.4) is 0 Å². The number of carbonyl (C=O) groups is 1. The summed E-state index contributed by atoms with van der Waals surface area (Å²) in [6.45, 7) is 0. The fourth-order valence-corrected chi connectivity index (χ4v) is 1.50. The molecular weight excluding hydrogens is 274 g/mol. The highest BCUT2D eigenvalue weighted by atomic mass is 35.5. The molecule has 0 fully saturated rings. The third-order valence-electron chi connectivity index (χ3n) is 1.99. The number of aromatic nitrogens is 1. The van der Waals surface area contributed by atoms with E-state index in [1.165, 1.54) is 0 Å². The van der Waals surface area contributed by atoms with Gasteiger partial charge in [0.15, 0.2) is 5.69 Å². The van der Waals surface area contributed by atoms with Crippen molar-refractivity contribution in [3.05, 3.63) is 32.5 Å². The van der Waals surface area contributed by atoms with E-state index < -0.39 is 33.7 Å². The van der Waals surface area contributed by atoms with Gasteiger partial charge in [-0.2, -0.15) is 0 Å². The minimum absolute atomic E-state index is 0.108. The average molecular weight is 281 g/mol. The van der Waals surface area contributed by atoms with Crippen molar-refractivity contribution in [1.29, 1.82) is 0 Å². The predicted molar refractivity (Wildman–Crippen MR) is 56.6 cm³/mol. The molecule has 1 heterocycles. The van der Waals surface area contributed by atoms with Crippen LogP contribution in [-0.4, -0.2) is 23.0 Å². The molecule has 0 saturated heterocycles. The first-order valence-corrected chi connectivity index (χ1v) is 4.93. The molecule has 0 radical (unpaired) electrons. The van der Waals surface area contributed by atoms with Gasteiger partial charge in [-0.3, -0.25) is 4.79 Å². The number of nitrogens with zero attached hydrogens (tertiary/aromatic N) is 2. The van der Waals surface area contributed by atoms with Crippen molar-refractivity contribution in [2.45, 2.75) is 12.8 Å². The maximum atomic E-state index is 12.6. The lowest BCUT2D eigenvalue weighted by atomic mass is 10.2. The van der Waals surface area contributed by atoms with Crippen molar-refractivity contribution in [3.8, 4) is 0 Å². The first-order chi connectivity index (χ1) is 8.36. The van der Waals surface area contributed by atoms with Crippen LogP contribution < -0.4 is 0 Å². The number of halogens is 3. The van der Waals surface area contributed by atoms with Gasteiger partial charge < -0.3 is 14.9 Å². The summed E-state index contributed by atoms with van der Waals surface area (Å²) >= 11 is 5.52. The maximum absolute atomic E-state index is 12.6. The zero-order chi connectivity index (χ0) is 13.9. The number of hydrogen-bond acceptors (Lipinski definition) is 5. The third kappa shape index (κ3) is 3.10. The molecule has 0 aliphatic heterocycles. The standard InChI is InChI=1S/C9H7ClF2N2O4/c1-18-6(15)3-4-2-5(10)7(8(11)12)9(13-4)14(16)17/h2,8H,3H2,1H3. The molecule has 1 aromatic rings. The molecule has 9 heteroatoms. The Morgan fingerprint density at radius 3 is 2.72 bits per heavy atom. The van der Waals surface area contributed by atoms with Gasteiger partial charge in [0.2, 0.25) is 0 Å². The molecule has 0 aliphatic carbocycles. The molecule has 1 aromatic heterocycles. The van der Waals surface area contributed by atoms with Crippen LogP contribution in [0, 0.1) is 10.1 Å². The van der Waals surface area contributed by atoms with Crippen LogP contribution in [0.25, 0.3) is 0 Å². The van der Waals surface area contributed by atoms with Gasteiger partial charge in [0.1, 0.15) is 12.0 Å². The van der Waals surface area contributed by atoms with Gasteiger partial charge in [0.25, 0.3) is 6.43 Å². The van der Waals surface area contributed by atoms with Gasteiger partial charge in [-0.05, 0) is 9.91 Å². The van der Waals surface area contributed by atoms with Crippen LogP contribution in [-0.2, 0) is 16.0 Å². The topological polar surface area (TPSA) is 82.3 Å². The second-order valence-corrected chi connectivity index (χ2v) is 3.55. The van der Waals surface area contributed by atoms with Crippen molar-refractivity contribution in [3.63, 3.8) is 0 Å². The lowest BCUT2D eigenvalue weighted by molar-refractivity contribution is -0.391. The second-order valence-electron chi connectivity index (χ2n) is 3.14. The smallest absolute Gasteiger partial charge is 0.374 e. The first-order valence-electron chi connectivity index (χ1n) is 4.55. The summed E-state index contributed by atoms with van der Waals surface area (Å²) in [5.41, 5.74) is -1.07. The number of nitro groups is 1. The second kappa shape index (κ2) is 5.67. The minimum Gasteiger partial charge on any atom is -0.469 e. The van der Waals surface area contributed by atoms with Gasteiger partial charge in [0, 0.05) is 6.07 Å². The number of rotatable bonds is 4. The Bertz CT molecular complexity index is 496. The molecule has 0 aromatic carbocycles. The molecule has 98 valence electrons. The van der Waals surface area contributed by atoms with E-state index in [2.05, 4.69) is 9.72 Å². The van der Waals surface area contributed by atoms with Crippen LogP contribution in [0.1, 0.15) is 17.7 Å². The summed E-state index contributed by atoms with van der Waals surface area (Å²) in [5, 5.41) is 10.1. The van der Waals surface area contributed by atoms with E-state index in [9.17, 15) is 23.7 Å². The molecule has 0 aliphatic rings. The monoisotopic (exact) mass is 280 g/mol. The summed E-state index contributed by atoms with van der Waals surface area (Å²) in [6, 6.07) is 0.979. The molecule has 0 atom stereocenters. The molecule has 0 N–H and O–H groups in total. The Hall–Kier alpha value is -1.83. The Kier molecular flexibility index (Phi) is 4.49. The number of pyridine rings is 1. The predicted octanol–water partition coefficient (Wildman–Crippen LogP) is 2.30. The Morgan fingerprint density at radius 1 is 1.67 bits per heavy atom. The number of esters is 1. The van der Waals surface area contributed by atoms with E-state index in [0.717, 1.165) is 13.2 Å². The summed E-state index contributed by atoms with van der Waals surface area (Å²) in [7, 11) is 1.12. The quantitative estimate of drug-likeness (QED) is 0.480. The lowest BCUT2D eigenvalue weighted by Gasteiger charge is -2.05. The fraction of sp³-hybridized carbons (Fsp3) is 0.333. The van der Waals surface area contributed by atoms with Crippen molar-refractivity contribution >= 4 is 23.4 Å². The number of carbonyl (C=O) groups excluding carboxylic acids is 1. The van der Waals surface area contributed by atoms with Gasteiger partial charge >= 0.3 is 11.8 Å². The third-order valence-corrected chi connectivity index (χ3v) is 2.30. The highest BCUT2D eigenvalue weighted by molar-refractivity contribution is 6.31. The zero-order valence-corrected chi connectivity index (χ0v) is 9.78. The molecule has 0 bridgehead atoms. The highest BCUT2D eigenvalue weighted by Gasteiger charge is 2.29. The van der Waals surface area contributed by atoms with Crippen LogP contribution in [0.2, 0.25) is 5.02 Å². The Labute approximate surface area is 105 Å². The summed E-state index contributed by atoms with van der Waals surface area (Å²) in [6.07, 6.45) is -3.52. The van der Waals surface area contributed by atoms with Gasteiger partial charge in [-0.1, -0.05) is 11.6 Å². The van der Waals surface area contributed by atoms with Gasteiger partial charge in [-0.15, -0.1) is 0 Å². The minimum atomic E-state index is -3.13. The van der Waals surface area contributed by atoms with E-state index in [4.69, 9.17) is 11.6 Å². The molecular formula is C9H7ClF2N2O4. The van der Waals surface area contributed by atoms with E-state index in [1.807, 2.05) is 0 Å². The maximum Gasteiger partial charge on any atom is 0.374 e. The van der Waals surface area contributed by atoms with Crippen LogP contribution >= 0.6 is 11.6 Å². The van der Waals surface area contributed by atoms with Crippen molar-refractivity contribution < 1.29 is 23.2 Å². The molecule has 6 nitrogen and oxygen atoms in total. The normalized spacial score (nSPS) is 10.5. The summed E-state index contributed by atoms with van der Waals surface area (Å²) in [5.74, 6) is -1.77. The van der Waals surface area contributed by atoms with E-state index in [0.29, 0.717) is 0 Å². The fourth-order valence-electron chi connectivity index (χ4n) is 1.21. The molecule has 18 heavy (non-hydrogen) atoms. The number of hydrogen-bond donors (Lipinski definition) is 0. The Balaban J connectivity index is 3.28. The first kappa shape index (κ1) is 14.2. The number of methoxy groups -OCH3 is 1. The molecule has 0 saturated carbocycles. The summed E-state index contributed by atoms with van der Waals surface area (Å²) in [4.78, 5) is 23.9. The van der Waals surface area contributed by atoms with Crippen LogP contribution in [0.5, 0.6) is 0 Å². The molecule has 0 amide bonds. The Morgan fingerprint density at radius 2 is 2.28 bits per heavy atom. The highest BCUT2D eigenvalue weighted by Crippen LogP contribution is 2.34. The molecule has 0 unspecified atom stereocenters. The number of alkyl halides is 2. The zero-order valence-electron chi connectivity index (χ0n) is 9.02. The van der Waals surface area contributed by atoms with Crippen molar-refractivity contribution in [2.75, 3.05) is 7.11 Å². The van der Waals surface area contributed by atoms with Crippen LogP contribution in [0.4, 0.5) is 14.6 Å². The van der Waals surface area contributed by atoms with Crippen molar-refractivity contribution in [2.24, 2.45) is 0 Å². The van der Waals surface area contributed by atoms with E-state index >= 15 is 0 Å². The SMILES string of the molecule is COC(=O)Cc1cc(Cl)c(C(F)F)c([N+](=O)[O-])n1. The van der Waals surface area contributed by atoms with Gasteiger partial charge in [-0.25, -0.2) is 8.78 Å². The lowest BCUT2D eigenvalue weighted by Crippen LogP contribution is -2.09.